The number of rotatable bonds is 4. The number of aromatic nitrogens is 2. The molecule has 0 atom stereocenters. The van der Waals surface area contributed by atoms with E-state index < -0.39 is 0 Å². The van der Waals surface area contributed by atoms with Crippen LogP contribution in [-0.2, 0) is 0 Å². The summed E-state index contributed by atoms with van der Waals surface area (Å²) < 4.78 is 5.78. The van der Waals surface area contributed by atoms with Gasteiger partial charge in [0, 0.05) is 11.1 Å². The second kappa shape index (κ2) is 6.49. The summed E-state index contributed by atoms with van der Waals surface area (Å²) in [5.74, 6) is 2.48. The number of benzene rings is 3. The summed E-state index contributed by atoms with van der Waals surface area (Å²) in [7, 11) is 0. The molecule has 4 rings (SSSR count). The van der Waals surface area contributed by atoms with Crippen LogP contribution in [0.2, 0.25) is 0 Å². The highest BCUT2D eigenvalue weighted by atomic mass is 16.5. The molecule has 3 N–H and O–H groups in total. The minimum atomic E-state index is 0.456. The molecule has 1 heterocycles. The van der Waals surface area contributed by atoms with Crippen LogP contribution in [0.25, 0.3) is 10.9 Å². The van der Waals surface area contributed by atoms with Gasteiger partial charge in [-0.3, -0.25) is 0 Å². The maximum absolute atomic E-state index is 6.01. The number of nitrogen functional groups attached to an aromatic ring is 1. The molecular weight excluding hydrogens is 312 g/mol. The second-order valence-electron chi connectivity index (χ2n) is 5.51. The van der Waals surface area contributed by atoms with Gasteiger partial charge in [-0.05, 0) is 48.5 Å². The van der Waals surface area contributed by atoms with Gasteiger partial charge < -0.3 is 15.8 Å². The highest BCUT2D eigenvalue weighted by molar-refractivity contribution is 5.89. The second-order valence-corrected chi connectivity index (χ2v) is 5.51. The molecule has 0 aliphatic carbocycles. The normalized spacial score (nSPS) is 10.6. The van der Waals surface area contributed by atoms with Gasteiger partial charge in [-0.15, -0.1) is 0 Å². The number of hydrogen-bond acceptors (Lipinski definition) is 5. The molecule has 1 aromatic heterocycles. The molecule has 0 fully saturated rings. The molecule has 0 unspecified atom stereocenters. The number of nitrogens with one attached hydrogen (secondary N) is 1. The molecule has 0 bridgehead atoms. The third kappa shape index (κ3) is 3.35. The standard InChI is InChI=1S/C20H16N4O/c21-19-17-8-4-5-9-18(17)23-20(24-19)22-14-10-12-16(13-11-14)25-15-6-2-1-3-7-15/h1-13H,(H3,21,22,23,24). The summed E-state index contributed by atoms with van der Waals surface area (Å²) in [4.78, 5) is 8.80. The fourth-order valence-electron chi connectivity index (χ4n) is 2.52. The number of anilines is 3. The van der Waals surface area contributed by atoms with Crippen LogP contribution in [0.15, 0.2) is 78.9 Å². The van der Waals surface area contributed by atoms with Gasteiger partial charge in [0.15, 0.2) is 0 Å². The van der Waals surface area contributed by atoms with Gasteiger partial charge in [0.1, 0.15) is 17.3 Å². The minimum absolute atomic E-state index is 0.456. The molecule has 122 valence electrons. The summed E-state index contributed by atoms with van der Waals surface area (Å²) >= 11 is 0. The van der Waals surface area contributed by atoms with Crippen LogP contribution in [0, 0.1) is 0 Å². The van der Waals surface area contributed by atoms with Gasteiger partial charge in [-0.2, -0.15) is 4.98 Å². The van der Waals surface area contributed by atoms with E-state index in [9.17, 15) is 0 Å². The molecular formula is C20H16N4O. The average molecular weight is 328 g/mol. The predicted octanol–water partition coefficient (Wildman–Crippen LogP) is 4.75. The van der Waals surface area contributed by atoms with Gasteiger partial charge >= 0.3 is 0 Å². The Morgan fingerprint density at radius 1 is 0.720 bits per heavy atom. The van der Waals surface area contributed by atoms with E-state index in [1.165, 1.54) is 0 Å². The molecule has 5 heteroatoms. The summed E-state index contributed by atoms with van der Waals surface area (Å²) in [6.07, 6.45) is 0. The lowest BCUT2D eigenvalue weighted by Crippen LogP contribution is -2.01. The van der Waals surface area contributed by atoms with Gasteiger partial charge in [-0.1, -0.05) is 30.3 Å². The van der Waals surface area contributed by atoms with Gasteiger partial charge in [0.05, 0.1) is 5.52 Å². The van der Waals surface area contributed by atoms with E-state index in [-0.39, 0.29) is 0 Å². The van der Waals surface area contributed by atoms with Crippen molar-refractivity contribution in [2.24, 2.45) is 0 Å². The molecule has 5 nitrogen and oxygen atoms in total. The van der Waals surface area contributed by atoms with Crippen molar-refractivity contribution in [3.05, 3.63) is 78.9 Å². The molecule has 0 radical (unpaired) electrons. The van der Waals surface area contributed by atoms with Gasteiger partial charge in [0.2, 0.25) is 5.95 Å². The highest BCUT2D eigenvalue weighted by Gasteiger charge is 2.05. The summed E-state index contributed by atoms with van der Waals surface area (Å²) in [5.41, 5.74) is 7.67. The lowest BCUT2D eigenvalue weighted by molar-refractivity contribution is 0.483. The zero-order valence-corrected chi connectivity index (χ0v) is 13.4. The van der Waals surface area contributed by atoms with E-state index >= 15 is 0 Å². The Morgan fingerprint density at radius 2 is 1.40 bits per heavy atom. The van der Waals surface area contributed by atoms with E-state index in [1.54, 1.807) is 0 Å². The Balaban J connectivity index is 1.53. The van der Waals surface area contributed by atoms with E-state index in [1.807, 2.05) is 78.9 Å². The number of nitrogens with two attached hydrogens (primary N) is 1. The van der Waals surface area contributed by atoms with Crippen LogP contribution in [0.1, 0.15) is 0 Å². The van der Waals surface area contributed by atoms with Crippen molar-refractivity contribution in [2.45, 2.75) is 0 Å². The largest absolute Gasteiger partial charge is 0.457 e. The first-order valence-corrected chi connectivity index (χ1v) is 7.90. The SMILES string of the molecule is Nc1nc(Nc2ccc(Oc3ccccc3)cc2)nc2ccccc12. The smallest absolute Gasteiger partial charge is 0.229 e. The molecule has 25 heavy (non-hydrogen) atoms. The number of nitrogens with zero attached hydrogens (tertiary/aromatic N) is 2. The predicted molar refractivity (Wildman–Crippen MR) is 100 cm³/mol. The lowest BCUT2D eigenvalue weighted by Gasteiger charge is -2.09. The van der Waals surface area contributed by atoms with Crippen molar-refractivity contribution in [3.8, 4) is 11.5 Å². The Morgan fingerprint density at radius 3 is 2.20 bits per heavy atom. The fraction of sp³-hybridized carbons (Fsp3) is 0. The van der Waals surface area contributed by atoms with E-state index in [0.29, 0.717) is 11.8 Å². The van der Waals surface area contributed by atoms with Crippen LogP contribution < -0.4 is 15.8 Å². The van der Waals surface area contributed by atoms with Crippen molar-refractivity contribution >= 4 is 28.4 Å². The van der Waals surface area contributed by atoms with Crippen LogP contribution in [0.4, 0.5) is 17.5 Å². The molecule has 0 aliphatic rings. The molecule has 0 amide bonds. The van der Waals surface area contributed by atoms with Crippen molar-refractivity contribution in [1.82, 2.24) is 9.97 Å². The first-order chi connectivity index (χ1) is 12.3. The lowest BCUT2D eigenvalue weighted by atomic mass is 10.2. The molecule has 3 aromatic carbocycles. The summed E-state index contributed by atoms with van der Waals surface area (Å²) in [6, 6.07) is 24.9. The summed E-state index contributed by atoms with van der Waals surface area (Å²) in [5, 5.41) is 4.02. The van der Waals surface area contributed by atoms with Gasteiger partial charge in [-0.25, -0.2) is 4.98 Å². The summed E-state index contributed by atoms with van der Waals surface area (Å²) in [6.45, 7) is 0. The van der Waals surface area contributed by atoms with Crippen molar-refractivity contribution in [1.29, 1.82) is 0 Å². The Bertz CT molecular complexity index is 1000. The van der Waals surface area contributed by atoms with Gasteiger partial charge in [0.25, 0.3) is 0 Å². The first kappa shape index (κ1) is 15.0. The quantitative estimate of drug-likeness (QED) is 0.565. The number of hydrogen-bond donors (Lipinski definition) is 2. The van der Waals surface area contributed by atoms with Crippen molar-refractivity contribution in [2.75, 3.05) is 11.1 Å². The minimum Gasteiger partial charge on any atom is -0.457 e. The van der Waals surface area contributed by atoms with Crippen LogP contribution in [0.5, 0.6) is 11.5 Å². The Kier molecular flexibility index (Phi) is 3.88. The first-order valence-electron chi connectivity index (χ1n) is 7.90. The molecule has 0 saturated carbocycles. The maximum atomic E-state index is 6.01. The monoisotopic (exact) mass is 328 g/mol. The van der Waals surface area contributed by atoms with Crippen LogP contribution in [0.3, 0.4) is 0 Å². The van der Waals surface area contributed by atoms with E-state index in [0.717, 1.165) is 28.1 Å². The van der Waals surface area contributed by atoms with Crippen LogP contribution >= 0.6 is 0 Å². The van der Waals surface area contributed by atoms with E-state index in [2.05, 4.69) is 15.3 Å². The third-order valence-corrected chi connectivity index (χ3v) is 3.72. The van der Waals surface area contributed by atoms with Crippen molar-refractivity contribution < 1.29 is 4.74 Å². The molecule has 0 aliphatic heterocycles. The molecule has 4 aromatic rings. The maximum Gasteiger partial charge on any atom is 0.229 e. The third-order valence-electron chi connectivity index (χ3n) is 3.72. The Hall–Kier alpha value is -3.60. The number of ether oxygens (including phenoxy) is 1. The Labute approximate surface area is 145 Å². The van der Waals surface area contributed by atoms with E-state index in [4.69, 9.17) is 10.5 Å². The van der Waals surface area contributed by atoms with Crippen molar-refractivity contribution in [3.63, 3.8) is 0 Å². The average Bonchev–Trinajstić information content (AvgIpc) is 2.64. The van der Waals surface area contributed by atoms with Crippen LogP contribution in [-0.4, -0.2) is 9.97 Å². The topological polar surface area (TPSA) is 73.1 Å². The number of para-hydroxylation sites is 2. The molecule has 0 saturated heterocycles. The number of fused-ring (bicyclic) bond motifs is 1. The molecule has 0 spiro atoms. The highest BCUT2D eigenvalue weighted by Crippen LogP contribution is 2.25. The fourth-order valence-corrected chi connectivity index (χ4v) is 2.52. The zero-order chi connectivity index (χ0) is 17.1. The zero-order valence-electron chi connectivity index (χ0n) is 13.4.